The van der Waals surface area contributed by atoms with Gasteiger partial charge in [-0.25, -0.2) is 0 Å². The lowest BCUT2D eigenvalue weighted by Gasteiger charge is -2.36. The molecule has 0 aliphatic carbocycles. The Morgan fingerprint density at radius 3 is 2.57 bits per heavy atom. The van der Waals surface area contributed by atoms with E-state index < -0.39 is 5.54 Å². The number of carbonyl (C=O) groups excluding carboxylic acids is 1. The molecule has 2 aliphatic heterocycles. The molecule has 0 radical (unpaired) electrons. The van der Waals surface area contributed by atoms with Crippen LogP contribution in [-0.4, -0.2) is 26.7 Å². The number of para-hydroxylation sites is 1. The van der Waals surface area contributed by atoms with Crippen molar-refractivity contribution in [3.05, 3.63) is 53.1 Å². The molecule has 1 amide bonds. The van der Waals surface area contributed by atoms with Gasteiger partial charge in [0.05, 0.1) is 14.2 Å². The number of methoxy groups -OCH3 is 2. The van der Waals surface area contributed by atoms with Gasteiger partial charge in [0.25, 0.3) is 5.91 Å². The number of ether oxygens (including phenoxy) is 2. The third-order valence-electron chi connectivity index (χ3n) is 4.72. The van der Waals surface area contributed by atoms with Gasteiger partial charge in [-0.15, -0.1) is 0 Å². The van der Waals surface area contributed by atoms with E-state index in [1.54, 1.807) is 14.2 Å². The first-order valence-electron chi connectivity index (χ1n) is 7.62. The van der Waals surface area contributed by atoms with Gasteiger partial charge in [0, 0.05) is 17.8 Å². The highest BCUT2D eigenvalue weighted by atomic mass is 16.5. The van der Waals surface area contributed by atoms with Crippen LogP contribution in [0.5, 0.6) is 11.5 Å². The Balaban J connectivity index is 1.99. The highest BCUT2D eigenvalue weighted by Gasteiger charge is 2.50. The van der Waals surface area contributed by atoms with E-state index in [1.165, 1.54) is 0 Å². The number of benzene rings is 2. The lowest BCUT2D eigenvalue weighted by Crippen LogP contribution is -2.52. The summed E-state index contributed by atoms with van der Waals surface area (Å²) in [5.41, 5.74) is 2.99. The standard InChI is InChI=1S/C18H18N2O3/c1-22-15-9-11-7-8-19-18(13(11)10-16(15)23-2)12-5-3-4-6-14(12)20-17(18)21/h3-6,9-10,19H,7-8H2,1-2H3,(H,20,21)/t18-/m1/s1. The van der Waals surface area contributed by atoms with Crippen molar-refractivity contribution in [1.29, 1.82) is 0 Å². The Kier molecular flexibility index (Phi) is 3.06. The highest BCUT2D eigenvalue weighted by molar-refractivity contribution is 6.08. The van der Waals surface area contributed by atoms with Crippen LogP contribution < -0.4 is 20.1 Å². The van der Waals surface area contributed by atoms with Gasteiger partial charge < -0.3 is 14.8 Å². The molecule has 0 saturated heterocycles. The summed E-state index contributed by atoms with van der Waals surface area (Å²) in [5.74, 6) is 1.27. The second-order valence-corrected chi connectivity index (χ2v) is 5.79. The van der Waals surface area contributed by atoms with E-state index in [4.69, 9.17) is 9.47 Å². The molecule has 2 N–H and O–H groups in total. The molecule has 0 saturated carbocycles. The van der Waals surface area contributed by atoms with Crippen molar-refractivity contribution in [2.45, 2.75) is 12.0 Å². The topological polar surface area (TPSA) is 59.6 Å². The molecular weight excluding hydrogens is 292 g/mol. The normalized spacial score (nSPS) is 21.6. The van der Waals surface area contributed by atoms with Crippen LogP contribution in [0.4, 0.5) is 5.69 Å². The number of fused-ring (bicyclic) bond motifs is 4. The van der Waals surface area contributed by atoms with Gasteiger partial charge in [0.2, 0.25) is 0 Å². The van der Waals surface area contributed by atoms with Crippen LogP contribution in [0, 0.1) is 0 Å². The van der Waals surface area contributed by atoms with E-state index in [0.29, 0.717) is 11.5 Å². The summed E-state index contributed by atoms with van der Waals surface area (Å²) in [7, 11) is 3.23. The van der Waals surface area contributed by atoms with Gasteiger partial charge in [0.1, 0.15) is 0 Å². The van der Waals surface area contributed by atoms with E-state index in [-0.39, 0.29) is 5.91 Å². The van der Waals surface area contributed by atoms with E-state index in [1.807, 2.05) is 36.4 Å². The molecule has 1 atom stereocenters. The smallest absolute Gasteiger partial charge is 0.254 e. The Morgan fingerprint density at radius 1 is 1.04 bits per heavy atom. The fourth-order valence-corrected chi connectivity index (χ4v) is 3.66. The van der Waals surface area contributed by atoms with E-state index >= 15 is 0 Å². The lowest BCUT2D eigenvalue weighted by molar-refractivity contribution is -0.120. The third-order valence-corrected chi connectivity index (χ3v) is 4.72. The molecule has 0 fully saturated rings. The number of anilines is 1. The van der Waals surface area contributed by atoms with Crippen LogP contribution in [0.25, 0.3) is 0 Å². The van der Waals surface area contributed by atoms with Gasteiger partial charge >= 0.3 is 0 Å². The number of nitrogens with one attached hydrogen (secondary N) is 2. The maximum absolute atomic E-state index is 12.9. The second kappa shape index (κ2) is 4.99. The molecule has 1 spiro atoms. The molecule has 5 nitrogen and oxygen atoms in total. The largest absolute Gasteiger partial charge is 0.493 e. The van der Waals surface area contributed by atoms with Gasteiger partial charge in [-0.3, -0.25) is 10.1 Å². The van der Waals surface area contributed by atoms with Crippen LogP contribution in [0.2, 0.25) is 0 Å². The number of carbonyl (C=O) groups is 1. The number of hydrogen-bond donors (Lipinski definition) is 2. The zero-order chi connectivity index (χ0) is 16.0. The second-order valence-electron chi connectivity index (χ2n) is 5.79. The molecule has 2 heterocycles. The fraction of sp³-hybridized carbons (Fsp3) is 0.278. The zero-order valence-corrected chi connectivity index (χ0v) is 13.1. The van der Waals surface area contributed by atoms with Crippen molar-refractivity contribution >= 4 is 11.6 Å². The number of hydrogen-bond acceptors (Lipinski definition) is 4. The summed E-state index contributed by atoms with van der Waals surface area (Å²) in [6.45, 7) is 0.726. The van der Waals surface area contributed by atoms with Crippen LogP contribution in [0.1, 0.15) is 16.7 Å². The molecular formula is C18H18N2O3. The quantitative estimate of drug-likeness (QED) is 0.891. The van der Waals surface area contributed by atoms with Crippen LogP contribution in [-0.2, 0) is 16.8 Å². The minimum atomic E-state index is -0.857. The molecule has 2 aliphatic rings. The van der Waals surface area contributed by atoms with Crippen molar-refractivity contribution in [2.75, 3.05) is 26.1 Å². The third kappa shape index (κ3) is 1.80. The van der Waals surface area contributed by atoms with Crippen molar-refractivity contribution in [1.82, 2.24) is 5.32 Å². The SMILES string of the molecule is COc1cc2c(cc1OC)[C@@]1(NCC2)C(=O)Nc2ccccc21. The van der Waals surface area contributed by atoms with E-state index in [2.05, 4.69) is 10.6 Å². The summed E-state index contributed by atoms with van der Waals surface area (Å²) < 4.78 is 10.8. The molecule has 0 unspecified atom stereocenters. The van der Waals surface area contributed by atoms with E-state index in [9.17, 15) is 4.79 Å². The molecule has 2 aromatic carbocycles. The molecule has 23 heavy (non-hydrogen) atoms. The molecule has 0 bridgehead atoms. The van der Waals surface area contributed by atoms with Gasteiger partial charge in [-0.05, 0) is 35.7 Å². The average Bonchev–Trinajstić information content (AvgIpc) is 2.87. The first-order valence-corrected chi connectivity index (χ1v) is 7.62. The first-order chi connectivity index (χ1) is 11.2. The van der Waals surface area contributed by atoms with Crippen LogP contribution >= 0.6 is 0 Å². The summed E-state index contributed by atoms with van der Waals surface area (Å²) in [4.78, 5) is 12.9. The zero-order valence-electron chi connectivity index (χ0n) is 13.1. The first kappa shape index (κ1) is 14.1. The minimum Gasteiger partial charge on any atom is -0.493 e. The Morgan fingerprint density at radius 2 is 1.78 bits per heavy atom. The summed E-state index contributed by atoms with van der Waals surface area (Å²) in [6, 6.07) is 11.7. The van der Waals surface area contributed by atoms with Crippen LogP contribution in [0.3, 0.4) is 0 Å². The molecule has 5 heteroatoms. The minimum absolute atomic E-state index is 0.0492. The molecule has 118 valence electrons. The summed E-state index contributed by atoms with van der Waals surface area (Å²) in [6.07, 6.45) is 0.840. The van der Waals surface area contributed by atoms with E-state index in [0.717, 1.165) is 35.3 Å². The van der Waals surface area contributed by atoms with Gasteiger partial charge in [0.15, 0.2) is 17.0 Å². The van der Waals surface area contributed by atoms with Crippen molar-refractivity contribution in [3.63, 3.8) is 0 Å². The Bertz CT molecular complexity index is 803. The molecule has 2 aromatic rings. The fourth-order valence-electron chi connectivity index (χ4n) is 3.66. The average molecular weight is 310 g/mol. The van der Waals surface area contributed by atoms with Crippen LogP contribution in [0.15, 0.2) is 36.4 Å². The molecule has 0 aromatic heterocycles. The number of rotatable bonds is 2. The predicted molar refractivity (Wildman–Crippen MR) is 87.1 cm³/mol. The predicted octanol–water partition coefficient (Wildman–Crippen LogP) is 2.05. The molecule has 4 rings (SSSR count). The Hall–Kier alpha value is -2.53. The maximum Gasteiger partial charge on any atom is 0.254 e. The van der Waals surface area contributed by atoms with Crippen molar-refractivity contribution in [2.24, 2.45) is 0 Å². The highest BCUT2D eigenvalue weighted by Crippen LogP contribution is 2.46. The van der Waals surface area contributed by atoms with Crippen molar-refractivity contribution < 1.29 is 14.3 Å². The van der Waals surface area contributed by atoms with Gasteiger partial charge in [-0.1, -0.05) is 18.2 Å². The maximum atomic E-state index is 12.9. The lowest BCUT2D eigenvalue weighted by atomic mass is 9.78. The number of amides is 1. The van der Waals surface area contributed by atoms with Gasteiger partial charge in [-0.2, -0.15) is 0 Å². The summed E-state index contributed by atoms with van der Waals surface area (Å²) in [5, 5.41) is 6.43. The summed E-state index contributed by atoms with van der Waals surface area (Å²) >= 11 is 0. The Labute approximate surface area is 134 Å². The van der Waals surface area contributed by atoms with Crippen molar-refractivity contribution in [3.8, 4) is 11.5 Å². The monoisotopic (exact) mass is 310 g/mol.